The SMILES string of the molecule is O=C(O)c1ccc(Br)cc1C[SH](=O)=O. The van der Waals surface area contributed by atoms with E-state index in [1.165, 1.54) is 12.1 Å². The van der Waals surface area contributed by atoms with Crippen LogP contribution in [0.5, 0.6) is 0 Å². The van der Waals surface area contributed by atoms with Gasteiger partial charge in [0, 0.05) is 4.47 Å². The molecule has 0 atom stereocenters. The van der Waals surface area contributed by atoms with Gasteiger partial charge in [0.15, 0.2) is 0 Å². The summed E-state index contributed by atoms with van der Waals surface area (Å²) in [6.45, 7) is 0. The first-order chi connectivity index (χ1) is 6.50. The highest BCUT2D eigenvalue weighted by Gasteiger charge is 2.10. The minimum atomic E-state index is -2.61. The molecule has 6 heteroatoms. The summed E-state index contributed by atoms with van der Waals surface area (Å²) in [6.07, 6.45) is 0. The van der Waals surface area contributed by atoms with Crippen LogP contribution in [-0.4, -0.2) is 19.5 Å². The number of aromatic carboxylic acids is 1. The lowest BCUT2D eigenvalue weighted by molar-refractivity contribution is 0.0696. The number of carboxylic acids is 1. The van der Waals surface area contributed by atoms with E-state index in [0.717, 1.165) is 0 Å². The Balaban J connectivity index is 3.22. The van der Waals surface area contributed by atoms with E-state index in [-0.39, 0.29) is 11.3 Å². The fraction of sp³-hybridized carbons (Fsp3) is 0.125. The first-order valence-electron chi connectivity index (χ1n) is 3.64. The lowest BCUT2D eigenvalue weighted by atomic mass is 10.1. The van der Waals surface area contributed by atoms with Crippen LogP contribution in [0, 0.1) is 0 Å². The summed E-state index contributed by atoms with van der Waals surface area (Å²) in [7, 11) is -2.61. The largest absolute Gasteiger partial charge is 0.478 e. The number of rotatable bonds is 3. The van der Waals surface area contributed by atoms with Gasteiger partial charge in [0.2, 0.25) is 0 Å². The fourth-order valence-corrected chi connectivity index (χ4v) is 1.99. The van der Waals surface area contributed by atoms with Crippen LogP contribution in [0.1, 0.15) is 15.9 Å². The van der Waals surface area contributed by atoms with E-state index in [1.54, 1.807) is 6.07 Å². The molecule has 0 saturated carbocycles. The summed E-state index contributed by atoms with van der Waals surface area (Å²) >= 11 is 3.15. The molecule has 0 radical (unpaired) electrons. The molecule has 1 aromatic rings. The maximum Gasteiger partial charge on any atom is 0.335 e. The Labute approximate surface area is 90.6 Å². The second-order valence-corrected chi connectivity index (χ2v) is 4.49. The third-order valence-corrected chi connectivity index (χ3v) is 2.69. The smallest absolute Gasteiger partial charge is 0.335 e. The summed E-state index contributed by atoms with van der Waals surface area (Å²) in [5, 5.41) is 8.76. The zero-order valence-electron chi connectivity index (χ0n) is 6.94. The standard InChI is InChI=1S/C8H7BrO4S/c9-6-1-2-7(8(10)11)5(3-6)4-14(12)13/h1-3,14H,4H2,(H,10,11). The van der Waals surface area contributed by atoms with Crippen molar-refractivity contribution < 1.29 is 18.3 Å². The molecule has 0 aliphatic rings. The number of carbonyl (C=O) groups is 1. The lowest BCUT2D eigenvalue weighted by Gasteiger charge is -2.02. The van der Waals surface area contributed by atoms with Crippen molar-refractivity contribution in [2.75, 3.05) is 0 Å². The van der Waals surface area contributed by atoms with Crippen molar-refractivity contribution >= 4 is 32.6 Å². The molecule has 0 saturated heterocycles. The van der Waals surface area contributed by atoms with Crippen molar-refractivity contribution in [1.29, 1.82) is 0 Å². The summed E-state index contributed by atoms with van der Waals surface area (Å²) in [4.78, 5) is 10.7. The number of halogens is 1. The Morgan fingerprint density at radius 3 is 2.57 bits per heavy atom. The third-order valence-electron chi connectivity index (χ3n) is 1.60. The molecule has 0 aliphatic carbocycles. The van der Waals surface area contributed by atoms with Crippen molar-refractivity contribution in [2.45, 2.75) is 5.75 Å². The Kier molecular flexibility index (Phi) is 3.65. The molecule has 0 aromatic heterocycles. The van der Waals surface area contributed by atoms with Crippen molar-refractivity contribution in [3.05, 3.63) is 33.8 Å². The Morgan fingerprint density at radius 2 is 2.07 bits per heavy atom. The minimum absolute atomic E-state index is 0.0207. The van der Waals surface area contributed by atoms with Gasteiger partial charge in [-0.05, 0) is 23.8 Å². The van der Waals surface area contributed by atoms with E-state index in [1.807, 2.05) is 0 Å². The van der Waals surface area contributed by atoms with Gasteiger partial charge in [-0.25, -0.2) is 13.2 Å². The summed E-state index contributed by atoms with van der Waals surface area (Å²) in [5.41, 5.74) is 0.315. The molecule has 0 bridgehead atoms. The van der Waals surface area contributed by atoms with Crippen molar-refractivity contribution in [2.24, 2.45) is 0 Å². The average Bonchev–Trinajstić information content (AvgIpc) is 2.01. The first-order valence-corrected chi connectivity index (χ1v) is 5.80. The van der Waals surface area contributed by atoms with Crippen LogP contribution in [0.4, 0.5) is 0 Å². The highest BCUT2D eigenvalue weighted by Crippen LogP contribution is 2.17. The van der Waals surface area contributed by atoms with Crippen LogP contribution in [0.25, 0.3) is 0 Å². The van der Waals surface area contributed by atoms with Crippen molar-refractivity contribution in [3.63, 3.8) is 0 Å². The molecular formula is C8H7BrO4S. The third kappa shape index (κ3) is 2.81. The fourth-order valence-electron chi connectivity index (χ4n) is 1.04. The highest BCUT2D eigenvalue weighted by molar-refractivity contribution is 9.10. The van der Waals surface area contributed by atoms with Gasteiger partial charge < -0.3 is 5.11 Å². The Morgan fingerprint density at radius 1 is 1.43 bits per heavy atom. The van der Waals surface area contributed by atoms with Crippen LogP contribution in [0.2, 0.25) is 0 Å². The van der Waals surface area contributed by atoms with Gasteiger partial charge in [0.25, 0.3) is 0 Å². The number of hydrogen-bond donors (Lipinski definition) is 2. The molecule has 0 spiro atoms. The molecule has 0 fully saturated rings. The number of hydrogen-bond acceptors (Lipinski definition) is 3. The van der Waals surface area contributed by atoms with E-state index in [9.17, 15) is 13.2 Å². The van der Waals surface area contributed by atoms with Crippen LogP contribution < -0.4 is 0 Å². The Hall–Kier alpha value is -0.880. The Bertz CT molecular complexity index is 431. The van der Waals surface area contributed by atoms with Gasteiger partial charge in [-0.1, -0.05) is 15.9 Å². The molecule has 76 valence electrons. The molecular weight excluding hydrogens is 272 g/mol. The van der Waals surface area contributed by atoms with E-state index < -0.39 is 16.7 Å². The van der Waals surface area contributed by atoms with Crippen LogP contribution in [0.15, 0.2) is 22.7 Å². The van der Waals surface area contributed by atoms with Crippen LogP contribution >= 0.6 is 15.9 Å². The van der Waals surface area contributed by atoms with Gasteiger partial charge in [0.1, 0.15) is 10.7 Å². The maximum atomic E-state index is 10.7. The van der Waals surface area contributed by atoms with Gasteiger partial charge in [-0.3, -0.25) is 0 Å². The average molecular weight is 279 g/mol. The lowest BCUT2D eigenvalue weighted by Crippen LogP contribution is -2.02. The molecule has 4 nitrogen and oxygen atoms in total. The molecule has 0 heterocycles. The van der Waals surface area contributed by atoms with Crippen molar-refractivity contribution in [1.82, 2.24) is 0 Å². The topological polar surface area (TPSA) is 71.4 Å². The predicted octanol–water partition coefficient (Wildman–Crippen LogP) is 1.26. The molecule has 0 aliphatic heterocycles. The van der Waals surface area contributed by atoms with E-state index >= 15 is 0 Å². The number of carboxylic acid groups (broad SMARTS) is 1. The summed E-state index contributed by atoms with van der Waals surface area (Å²) < 4.78 is 21.6. The molecule has 0 amide bonds. The maximum absolute atomic E-state index is 10.7. The van der Waals surface area contributed by atoms with Gasteiger partial charge in [-0.2, -0.15) is 0 Å². The monoisotopic (exact) mass is 278 g/mol. The molecule has 0 unspecified atom stereocenters. The minimum Gasteiger partial charge on any atom is -0.478 e. The predicted molar refractivity (Wildman–Crippen MR) is 55.1 cm³/mol. The van der Waals surface area contributed by atoms with Gasteiger partial charge >= 0.3 is 5.97 Å². The number of benzene rings is 1. The molecule has 1 rings (SSSR count). The van der Waals surface area contributed by atoms with Crippen LogP contribution in [-0.2, 0) is 16.5 Å². The molecule has 1 N–H and O–H groups in total. The zero-order valence-corrected chi connectivity index (χ0v) is 9.42. The molecule has 14 heavy (non-hydrogen) atoms. The summed E-state index contributed by atoms with van der Waals surface area (Å²) in [5.74, 6) is -1.37. The van der Waals surface area contributed by atoms with Crippen molar-refractivity contribution in [3.8, 4) is 0 Å². The van der Waals surface area contributed by atoms with Crippen LogP contribution in [0.3, 0.4) is 0 Å². The highest BCUT2D eigenvalue weighted by atomic mass is 79.9. The summed E-state index contributed by atoms with van der Waals surface area (Å²) in [6, 6.07) is 4.43. The quantitative estimate of drug-likeness (QED) is 0.817. The molecule has 1 aromatic carbocycles. The van der Waals surface area contributed by atoms with E-state index in [0.29, 0.717) is 10.0 Å². The normalized spacial score (nSPS) is 10.4. The number of thiol groups is 1. The second kappa shape index (κ2) is 4.56. The van der Waals surface area contributed by atoms with Gasteiger partial charge in [0.05, 0.1) is 11.3 Å². The van der Waals surface area contributed by atoms with E-state index in [4.69, 9.17) is 5.11 Å². The first kappa shape index (κ1) is 11.2. The zero-order chi connectivity index (χ0) is 10.7. The second-order valence-electron chi connectivity index (χ2n) is 2.60. The van der Waals surface area contributed by atoms with E-state index in [2.05, 4.69) is 15.9 Å². The van der Waals surface area contributed by atoms with Gasteiger partial charge in [-0.15, -0.1) is 0 Å².